The van der Waals surface area contributed by atoms with Crippen LogP contribution in [0.1, 0.15) is 38.5 Å². The minimum Gasteiger partial charge on any atom is -0.368 e. The maximum atomic E-state index is 13.0. The van der Waals surface area contributed by atoms with Crippen molar-refractivity contribution in [2.75, 3.05) is 18.0 Å². The van der Waals surface area contributed by atoms with Crippen molar-refractivity contribution in [2.24, 2.45) is 0 Å². The fraction of sp³-hybridized carbons (Fsp3) is 0.556. The number of carbonyl (C=O) groups is 2. The third kappa shape index (κ3) is 2.87. The van der Waals surface area contributed by atoms with Crippen molar-refractivity contribution < 1.29 is 9.59 Å². The minimum absolute atomic E-state index is 0.0359. The number of benzene rings is 1. The molecule has 1 unspecified atom stereocenters. The quantitative estimate of drug-likeness (QED) is 0.792. The summed E-state index contributed by atoms with van der Waals surface area (Å²) in [4.78, 5) is 29.1. The normalized spacial score (nSPS) is 25.8. The van der Waals surface area contributed by atoms with Crippen LogP contribution in [0.2, 0.25) is 10.0 Å². The van der Waals surface area contributed by atoms with Gasteiger partial charge in [-0.3, -0.25) is 9.69 Å². The first-order valence-corrected chi connectivity index (χ1v) is 9.62. The Morgan fingerprint density at radius 1 is 1.12 bits per heavy atom. The van der Waals surface area contributed by atoms with Crippen molar-refractivity contribution in [3.63, 3.8) is 0 Å². The Morgan fingerprint density at radius 3 is 2.60 bits per heavy atom. The standard InChI is InChI=1S/C18H21Cl2N3O2/c19-12-4-5-15(14(20)10-12)22-9-6-13(11-22)23-16(24)18(21-17(23)25)7-2-1-3-8-18/h4-5,10,13H,1-3,6-9,11H2,(H,21,25). The van der Waals surface area contributed by atoms with E-state index in [0.29, 0.717) is 16.6 Å². The first kappa shape index (κ1) is 17.0. The number of hydrogen-bond acceptors (Lipinski definition) is 3. The number of carbonyl (C=O) groups excluding carboxylic acids is 2. The molecule has 1 aromatic carbocycles. The molecule has 0 radical (unpaired) electrons. The van der Waals surface area contributed by atoms with E-state index in [-0.39, 0.29) is 18.0 Å². The highest BCUT2D eigenvalue weighted by Gasteiger charge is 2.53. The van der Waals surface area contributed by atoms with E-state index in [9.17, 15) is 9.59 Å². The number of nitrogens with one attached hydrogen (secondary N) is 1. The van der Waals surface area contributed by atoms with Gasteiger partial charge in [0.25, 0.3) is 5.91 Å². The zero-order valence-corrected chi connectivity index (χ0v) is 15.4. The average Bonchev–Trinajstić information content (AvgIpc) is 3.12. The average molecular weight is 382 g/mol. The molecule has 2 saturated heterocycles. The van der Waals surface area contributed by atoms with Gasteiger partial charge in [0.2, 0.25) is 0 Å². The Kier molecular flexibility index (Phi) is 4.32. The van der Waals surface area contributed by atoms with Gasteiger partial charge >= 0.3 is 6.03 Å². The van der Waals surface area contributed by atoms with Crippen LogP contribution in [0, 0.1) is 0 Å². The first-order chi connectivity index (χ1) is 12.0. The van der Waals surface area contributed by atoms with E-state index in [1.165, 1.54) is 4.90 Å². The summed E-state index contributed by atoms with van der Waals surface area (Å²) < 4.78 is 0. The zero-order valence-electron chi connectivity index (χ0n) is 13.9. The summed E-state index contributed by atoms with van der Waals surface area (Å²) in [5, 5.41) is 4.18. The topological polar surface area (TPSA) is 52.7 Å². The van der Waals surface area contributed by atoms with Gasteiger partial charge < -0.3 is 10.2 Å². The van der Waals surface area contributed by atoms with Crippen LogP contribution in [0.4, 0.5) is 10.5 Å². The molecule has 4 rings (SSSR count). The lowest BCUT2D eigenvalue weighted by Crippen LogP contribution is -2.49. The van der Waals surface area contributed by atoms with E-state index >= 15 is 0 Å². The van der Waals surface area contributed by atoms with Gasteiger partial charge in [0.15, 0.2) is 0 Å². The second kappa shape index (κ2) is 6.36. The second-order valence-corrected chi connectivity index (χ2v) is 8.08. The van der Waals surface area contributed by atoms with Crippen LogP contribution in [-0.2, 0) is 4.79 Å². The summed E-state index contributed by atoms with van der Waals surface area (Å²) in [5.41, 5.74) is 0.244. The molecule has 0 aromatic heterocycles. The van der Waals surface area contributed by atoms with E-state index in [0.717, 1.165) is 50.8 Å². The highest BCUT2D eigenvalue weighted by molar-refractivity contribution is 6.36. The Labute approximate surface area is 157 Å². The Balaban J connectivity index is 1.51. The minimum atomic E-state index is -0.652. The number of urea groups is 1. The van der Waals surface area contributed by atoms with Crippen LogP contribution >= 0.6 is 23.2 Å². The van der Waals surface area contributed by atoms with E-state index in [1.54, 1.807) is 12.1 Å². The van der Waals surface area contributed by atoms with E-state index in [1.807, 2.05) is 6.07 Å². The SMILES string of the molecule is O=C1NC2(CCCCC2)C(=O)N1C1CCN(c2ccc(Cl)cc2Cl)C1. The van der Waals surface area contributed by atoms with Crippen molar-refractivity contribution in [3.05, 3.63) is 28.2 Å². The van der Waals surface area contributed by atoms with Crippen LogP contribution in [-0.4, -0.2) is 41.5 Å². The van der Waals surface area contributed by atoms with Crippen molar-refractivity contribution in [3.8, 4) is 0 Å². The molecule has 2 heterocycles. The molecule has 134 valence electrons. The molecule has 25 heavy (non-hydrogen) atoms. The van der Waals surface area contributed by atoms with Crippen LogP contribution in [0.5, 0.6) is 0 Å². The van der Waals surface area contributed by atoms with Crippen molar-refractivity contribution in [1.29, 1.82) is 0 Å². The van der Waals surface area contributed by atoms with Crippen molar-refractivity contribution >= 4 is 40.8 Å². The van der Waals surface area contributed by atoms with Gasteiger partial charge in [-0.2, -0.15) is 0 Å². The molecular formula is C18H21Cl2N3O2. The summed E-state index contributed by atoms with van der Waals surface area (Å²) in [6.45, 7) is 1.37. The maximum Gasteiger partial charge on any atom is 0.325 e. The van der Waals surface area contributed by atoms with E-state index in [2.05, 4.69) is 10.2 Å². The molecule has 0 bridgehead atoms. The van der Waals surface area contributed by atoms with E-state index < -0.39 is 5.54 Å². The monoisotopic (exact) mass is 381 g/mol. The molecule has 1 saturated carbocycles. The summed E-state index contributed by atoms with van der Waals surface area (Å²) >= 11 is 12.3. The number of halogens is 2. The molecule has 5 nitrogen and oxygen atoms in total. The summed E-state index contributed by atoms with van der Waals surface area (Å²) in [6, 6.07) is 5.07. The van der Waals surface area contributed by atoms with Crippen molar-refractivity contribution in [1.82, 2.24) is 10.2 Å². The number of imide groups is 1. The highest BCUT2D eigenvalue weighted by Crippen LogP contribution is 2.37. The Hall–Kier alpha value is -1.46. The van der Waals surface area contributed by atoms with Gasteiger partial charge in [0, 0.05) is 18.1 Å². The maximum absolute atomic E-state index is 13.0. The van der Waals surface area contributed by atoms with Gasteiger partial charge in [-0.05, 0) is 37.5 Å². The highest BCUT2D eigenvalue weighted by atomic mass is 35.5. The zero-order chi connectivity index (χ0) is 17.6. The number of rotatable bonds is 2. The summed E-state index contributed by atoms with van der Waals surface area (Å²) in [7, 11) is 0. The van der Waals surface area contributed by atoms with Crippen LogP contribution in [0.25, 0.3) is 0 Å². The number of nitrogens with zero attached hydrogens (tertiary/aromatic N) is 2. The number of hydrogen-bond donors (Lipinski definition) is 1. The van der Waals surface area contributed by atoms with Gasteiger partial charge in [-0.15, -0.1) is 0 Å². The molecule has 1 atom stereocenters. The van der Waals surface area contributed by atoms with Crippen LogP contribution in [0.15, 0.2) is 18.2 Å². The third-order valence-electron chi connectivity index (χ3n) is 5.68. The van der Waals surface area contributed by atoms with Gasteiger partial charge in [-0.1, -0.05) is 42.5 Å². The van der Waals surface area contributed by atoms with Crippen molar-refractivity contribution in [2.45, 2.75) is 50.1 Å². The largest absolute Gasteiger partial charge is 0.368 e. The number of anilines is 1. The molecular weight excluding hydrogens is 361 g/mol. The van der Waals surface area contributed by atoms with Crippen LogP contribution in [0.3, 0.4) is 0 Å². The van der Waals surface area contributed by atoms with Gasteiger partial charge in [0.05, 0.1) is 16.8 Å². The lowest BCUT2D eigenvalue weighted by atomic mass is 9.81. The smallest absolute Gasteiger partial charge is 0.325 e. The predicted molar refractivity (Wildman–Crippen MR) is 98.3 cm³/mol. The molecule has 1 aromatic rings. The third-order valence-corrected chi connectivity index (χ3v) is 6.22. The molecule has 3 aliphatic rings. The lowest BCUT2D eigenvalue weighted by Gasteiger charge is -2.31. The summed E-state index contributed by atoms with van der Waals surface area (Å²) in [5.74, 6) is -0.0359. The molecule has 1 N–H and O–H groups in total. The second-order valence-electron chi connectivity index (χ2n) is 7.23. The van der Waals surface area contributed by atoms with E-state index in [4.69, 9.17) is 23.2 Å². The number of amides is 3. The molecule has 7 heteroatoms. The van der Waals surface area contributed by atoms with Crippen LogP contribution < -0.4 is 10.2 Å². The molecule has 3 fully saturated rings. The lowest BCUT2D eigenvalue weighted by molar-refractivity contribution is -0.133. The molecule has 1 aliphatic carbocycles. The fourth-order valence-corrected chi connectivity index (χ4v) is 4.90. The molecule has 3 amide bonds. The first-order valence-electron chi connectivity index (χ1n) is 8.86. The van der Waals surface area contributed by atoms with Gasteiger partial charge in [-0.25, -0.2) is 4.79 Å². The Morgan fingerprint density at radius 2 is 1.88 bits per heavy atom. The molecule has 1 spiro atoms. The Bertz CT molecular complexity index is 718. The molecule has 2 aliphatic heterocycles. The summed E-state index contributed by atoms with van der Waals surface area (Å²) in [6.07, 6.45) is 5.40. The van der Waals surface area contributed by atoms with Gasteiger partial charge in [0.1, 0.15) is 5.54 Å². The fourth-order valence-electron chi connectivity index (χ4n) is 4.38. The predicted octanol–water partition coefficient (Wildman–Crippen LogP) is 3.83.